The van der Waals surface area contributed by atoms with Gasteiger partial charge in [-0.2, -0.15) is 0 Å². The van der Waals surface area contributed by atoms with Crippen LogP contribution in [-0.4, -0.2) is 4.98 Å². The summed E-state index contributed by atoms with van der Waals surface area (Å²) in [4.78, 5) is 13.5. The van der Waals surface area contributed by atoms with Crippen LogP contribution in [-0.2, 0) is 0 Å². The lowest BCUT2D eigenvalue weighted by Gasteiger charge is -1.82. The Labute approximate surface area is 64.1 Å². The molecule has 0 aliphatic heterocycles. The van der Waals surface area contributed by atoms with Crippen molar-refractivity contribution in [2.45, 2.75) is 4.90 Å². The minimum atomic E-state index is -0.113. The third-order valence-electron chi connectivity index (χ3n) is 0.759. The third kappa shape index (κ3) is 2.58. The number of H-pyrrole nitrogens is 1. The van der Waals surface area contributed by atoms with E-state index in [0.717, 1.165) is 0 Å². The Kier molecular flexibility index (Phi) is 3.42. The van der Waals surface area contributed by atoms with Gasteiger partial charge in [-0.1, -0.05) is 0 Å². The second-order valence-corrected chi connectivity index (χ2v) is 1.93. The SMILES string of the molecule is Cl.O=c1cc(S)cc[nH]1. The molecule has 4 heteroatoms. The first-order chi connectivity index (χ1) is 3.79. The van der Waals surface area contributed by atoms with Crippen LogP contribution < -0.4 is 5.56 Å². The van der Waals surface area contributed by atoms with E-state index < -0.39 is 0 Å². The van der Waals surface area contributed by atoms with Crippen LogP contribution in [0.15, 0.2) is 28.0 Å². The van der Waals surface area contributed by atoms with Gasteiger partial charge in [-0.15, -0.1) is 25.0 Å². The molecule has 0 saturated heterocycles. The maximum Gasteiger partial charge on any atom is 0.249 e. The van der Waals surface area contributed by atoms with Gasteiger partial charge in [0, 0.05) is 17.2 Å². The van der Waals surface area contributed by atoms with Gasteiger partial charge in [-0.25, -0.2) is 0 Å². The number of pyridine rings is 1. The van der Waals surface area contributed by atoms with E-state index in [1.54, 1.807) is 12.3 Å². The van der Waals surface area contributed by atoms with Crippen molar-refractivity contribution >= 4 is 25.0 Å². The maximum atomic E-state index is 10.4. The molecule has 2 nitrogen and oxygen atoms in total. The summed E-state index contributed by atoms with van der Waals surface area (Å²) in [6.45, 7) is 0. The maximum absolute atomic E-state index is 10.4. The first-order valence-corrected chi connectivity index (χ1v) is 2.61. The number of thiol groups is 1. The molecule has 0 amide bonds. The molecule has 1 heterocycles. The van der Waals surface area contributed by atoms with Gasteiger partial charge in [0.1, 0.15) is 0 Å². The van der Waals surface area contributed by atoms with E-state index in [0.29, 0.717) is 4.90 Å². The second-order valence-electron chi connectivity index (χ2n) is 1.41. The topological polar surface area (TPSA) is 32.9 Å². The Morgan fingerprint density at radius 3 is 2.56 bits per heavy atom. The van der Waals surface area contributed by atoms with Crippen LogP contribution in [0.3, 0.4) is 0 Å². The number of rotatable bonds is 0. The van der Waals surface area contributed by atoms with Crippen LogP contribution in [0.4, 0.5) is 0 Å². The van der Waals surface area contributed by atoms with Crippen molar-refractivity contribution in [3.05, 3.63) is 28.7 Å². The lowest BCUT2D eigenvalue weighted by molar-refractivity contribution is 1.19. The molecular weight excluding hydrogens is 158 g/mol. The van der Waals surface area contributed by atoms with E-state index >= 15 is 0 Å². The number of hydrogen-bond donors (Lipinski definition) is 2. The van der Waals surface area contributed by atoms with Crippen LogP contribution in [0.1, 0.15) is 0 Å². The van der Waals surface area contributed by atoms with Crippen molar-refractivity contribution in [3.63, 3.8) is 0 Å². The molecule has 9 heavy (non-hydrogen) atoms. The van der Waals surface area contributed by atoms with E-state index in [1.807, 2.05) is 0 Å². The minimum Gasteiger partial charge on any atom is -0.329 e. The molecule has 0 unspecified atom stereocenters. The number of nitrogens with one attached hydrogen (secondary N) is 1. The summed E-state index contributed by atoms with van der Waals surface area (Å²) in [5.41, 5.74) is -0.113. The van der Waals surface area contributed by atoms with Crippen molar-refractivity contribution in [2.24, 2.45) is 0 Å². The first-order valence-electron chi connectivity index (χ1n) is 2.17. The van der Waals surface area contributed by atoms with Crippen molar-refractivity contribution in [2.75, 3.05) is 0 Å². The molecule has 0 atom stereocenters. The summed E-state index contributed by atoms with van der Waals surface area (Å²) in [6.07, 6.45) is 1.56. The molecule has 1 N–H and O–H groups in total. The number of aromatic amines is 1. The number of aromatic nitrogens is 1. The van der Waals surface area contributed by atoms with Crippen molar-refractivity contribution in [1.82, 2.24) is 4.98 Å². The molecular formula is C5H6ClNOS. The summed E-state index contributed by atoms with van der Waals surface area (Å²) in [5, 5.41) is 0. The Morgan fingerprint density at radius 1 is 1.56 bits per heavy atom. The molecule has 1 aromatic heterocycles. The molecule has 0 saturated carbocycles. The number of halogens is 1. The highest BCUT2D eigenvalue weighted by Crippen LogP contribution is 1.95. The molecule has 0 radical (unpaired) electrons. The highest BCUT2D eigenvalue weighted by atomic mass is 35.5. The predicted molar refractivity (Wildman–Crippen MR) is 41.6 cm³/mol. The average Bonchev–Trinajstić information content (AvgIpc) is 1.64. The fourth-order valence-electron chi connectivity index (χ4n) is 0.433. The van der Waals surface area contributed by atoms with Gasteiger partial charge in [0.25, 0.3) is 0 Å². The Hall–Kier alpha value is -0.410. The van der Waals surface area contributed by atoms with Crippen LogP contribution in [0.2, 0.25) is 0 Å². The molecule has 0 aliphatic carbocycles. The smallest absolute Gasteiger partial charge is 0.249 e. The van der Waals surface area contributed by atoms with Gasteiger partial charge in [-0.3, -0.25) is 4.79 Å². The number of hydrogen-bond acceptors (Lipinski definition) is 2. The van der Waals surface area contributed by atoms with E-state index in [-0.39, 0.29) is 18.0 Å². The molecule has 0 fully saturated rings. The zero-order chi connectivity index (χ0) is 5.98. The fourth-order valence-corrected chi connectivity index (χ4v) is 0.625. The van der Waals surface area contributed by atoms with Crippen molar-refractivity contribution in [3.8, 4) is 0 Å². The third-order valence-corrected chi connectivity index (χ3v) is 1.04. The van der Waals surface area contributed by atoms with Gasteiger partial charge in [0.05, 0.1) is 0 Å². The lowest BCUT2D eigenvalue weighted by Crippen LogP contribution is -2.00. The zero-order valence-electron chi connectivity index (χ0n) is 4.50. The fraction of sp³-hybridized carbons (Fsp3) is 0. The Morgan fingerprint density at radius 2 is 2.22 bits per heavy atom. The normalized spacial score (nSPS) is 8.11. The molecule has 0 spiro atoms. The molecule has 50 valence electrons. The van der Waals surface area contributed by atoms with E-state index in [2.05, 4.69) is 17.6 Å². The first kappa shape index (κ1) is 8.59. The Bertz CT molecular complexity index is 234. The van der Waals surface area contributed by atoms with E-state index in [4.69, 9.17) is 0 Å². The van der Waals surface area contributed by atoms with Crippen molar-refractivity contribution in [1.29, 1.82) is 0 Å². The zero-order valence-corrected chi connectivity index (χ0v) is 6.21. The summed E-state index contributed by atoms with van der Waals surface area (Å²) in [7, 11) is 0. The van der Waals surface area contributed by atoms with Crippen LogP contribution >= 0.6 is 25.0 Å². The predicted octanol–water partition coefficient (Wildman–Crippen LogP) is 1.09. The monoisotopic (exact) mass is 163 g/mol. The summed E-state index contributed by atoms with van der Waals surface area (Å²) < 4.78 is 0. The highest BCUT2D eigenvalue weighted by molar-refractivity contribution is 7.80. The lowest BCUT2D eigenvalue weighted by atomic mass is 10.5. The van der Waals surface area contributed by atoms with Gasteiger partial charge < -0.3 is 4.98 Å². The summed E-state index contributed by atoms with van der Waals surface area (Å²) in [5.74, 6) is 0. The standard InChI is InChI=1S/C5H5NOS.ClH/c7-5-3-4(8)1-2-6-5;/h1-3H,(H2,6,7,8);1H. The summed E-state index contributed by atoms with van der Waals surface area (Å²) in [6, 6.07) is 3.13. The minimum absolute atomic E-state index is 0. The quantitative estimate of drug-likeness (QED) is 0.552. The van der Waals surface area contributed by atoms with Crippen LogP contribution in [0.25, 0.3) is 0 Å². The molecule has 1 aromatic rings. The Balaban J connectivity index is 0.000000640. The van der Waals surface area contributed by atoms with Gasteiger partial charge >= 0.3 is 0 Å². The molecule has 0 bridgehead atoms. The molecule has 0 aliphatic rings. The van der Waals surface area contributed by atoms with Crippen LogP contribution in [0, 0.1) is 0 Å². The van der Waals surface area contributed by atoms with Gasteiger partial charge in [0.15, 0.2) is 0 Å². The molecule has 1 rings (SSSR count). The van der Waals surface area contributed by atoms with E-state index in [1.165, 1.54) is 6.07 Å². The van der Waals surface area contributed by atoms with Crippen LogP contribution in [0.5, 0.6) is 0 Å². The highest BCUT2D eigenvalue weighted by Gasteiger charge is 1.81. The van der Waals surface area contributed by atoms with Crippen molar-refractivity contribution < 1.29 is 0 Å². The largest absolute Gasteiger partial charge is 0.329 e. The molecule has 0 aromatic carbocycles. The average molecular weight is 164 g/mol. The van der Waals surface area contributed by atoms with E-state index in [9.17, 15) is 4.79 Å². The second kappa shape index (κ2) is 3.58. The summed E-state index contributed by atoms with van der Waals surface area (Å²) >= 11 is 3.93. The van der Waals surface area contributed by atoms with Gasteiger partial charge in [-0.05, 0) is 6.07 Å². The van der Waals surface area contributed by atoms with Gasteiger partial charge in [0.2, 0.25) is 5.56 Å².